The van der Waals surface area contributed by atoms with Crippen LogP contribution in [0.1, 0.15) is 51.1 Å². The second-order valence-electron chi connectivity index (χ2n) is 8.16. The van der Waals surface area contributed by atoms with E-state index in [2.05, 4.69) is 16.8 Å². The van der Waals surface area contributed by atoms with E-state index in [4.69, 9.17) is 9.47 Å². The first-order valence-electron chi connectivity index (χ1n) is 10.2. The highest BCUT2D eigenvalue weighted by Crippen LogP contribution is 2.35. The Morgan fingerprint density at radius 1 is 1.27 bits per heavy atom. The van der Waals surface area contributed by atoms with Crippen LogP contribution in [0.3, 0.4) is 0 Å². The maximum atomic E-state index is 13.2. The quantitative estimate of drug-likeness (QED) is 0.829. The molecule has 26 heavy (non-hydrogen) atoms. The first-order valence-corrected chi connectivity index (χ1v) is 10.2. The smallest absolute Gasteiger partial charge is 0.226 e. The van der Waals surface area contributed by atoms with Crippen LogP contribution in [0.2, 0.25) is 0 Å². The van der Waals surface area contributed by atoms with Gasteiger partial charge in [0.15, 0.2) is 0 Å². The Morgan fingerprint density at radius 3 is 2.88 bits per heavy atom. The third kappa shape index (κ3) is 3.79. The Bertz CT molecular complexity index is 601. The molecule has 5 nitrogen and oxygen atoms in total. The van der Waals surface area contributed by atoms with Gasteiger partial charge in [-0.3, -0.25) is 9.78 Å². The molecule has 4 rings (SSSR count). The summed E-state index contributed by atoms with van der Waals surface area (Å²) in [5.41, 5.74) is 0.922. The number of carbonyl (C=O) groups is 1. The van der Waals surface area contributed by atoms with Crippen molar-refractivity contribution < 1.29 is 14.3 Å². The van der Waals surface area contributed by atoms with E-state index in [0.29, 0.717) is 19.1 Å². The van der Waals surface area contributed by atoms with Crippen molar-refractivity contribution >= 4 is 5.91 Å². The summed E-state index contributed by atoms with van der Waals surface area (Å²) >= 11 is 0. The molecule has 0 radical (unpaired) electrons. The fraction of sp³-hybridized carbons (Fsp3) is 0.714. The molecular formula is C21H30N2O3. The number of hydrogen-bond acceptors (Lipinski definition) is 4. The van der Waals surface area contributed by atoms with Crippen molar-refractivity contribution in [3.63, 3.8) is 0 Å². The lowest BCUT2D eigenvalue weighted by molar-refractivity contribution is -0.140. The molecule has 0 bridgehead atoms. The van der Waals surface area contributed by atoms with Crippen molar-refractivity contribution in [2.24, 2.45) is 11.8 Å². The molecule has 1 amide bonds. The molecule has 2 saturated heterocycles. The topological polar surface area (TPSA) is 51.7 Å². The van der Waals surface area contributed by atoms with E-state index in [9.17, 15) is 4.79 Å². The minimum Gasteiger partial charge on any atom is -0.373 e. The molecule has 3 atom stereocenters. The molecule has 1 aliphatic carbocycles. The van der Waals surface area contributed by atoms with Crippen LogP contribution in [0.4, 0.5) is 0 Å². The van der Waals surface area contributed by atoms with Gasteiger partial charge >= 0.3 is 0 Å². The summed E-state index contributed by atoms with van der Waals surface area (Å²) in [6.07, 6.45) is 8.23. The molecule has 0 spiro atoms. The average molecular weight is 358 g/mol. The lowest BCUT2D eigenvalue weighted by Crippen LogP contribution is -2.46. The summed E-state index contributed by atoms with van der Waals surface area (Å²) in [5, 5.41) is 0. The number of likely N-dealkylation sites (tertiary alicyclic amines) is 1. The van der Waals surface area contributed by atoms with Crippen LogP contribution in [-0.2, 0) is 20.9 Å². The van der Waals surface area contributed by atoms with Gasteiger partial charge in [0.25, 0.3) is 0 Å². The molecule has 1 aromatic heterocycles. The number of ether oxygens (including phenoxy) is 2. The highest BCUT2D eigenvalue weighted by atomic mass is 16.5. The number of amides is 1. The zero-order valence-electron chi connectivity index (χ0n) is 15.7. The summed E-state index contributed by atoms with van der Waals surface area (Å²) in [7, 11) is 0. The molecule has 0 aromatic carbocycles. The Balaban J connectivity index is 1.41. The van der Waals surface area contributed by atoms with E-state index in [-0.39, 0.29) is 24.2 Å². The van der Waals surface area contributed by atoms with Crippen LogP contribution in [-0.4, -0.2) is 47.2 Å². The van der Waals surface area contributed by atoms with E-state index in [0.717, 1.165) is 43.9 Å². The van der Waals surface area contributed by atoms with Gasteiger partial charge in [0.2, 0.25) is 5.91 Å². The van der Waals surface area contributed by atoms with Crippen LogP contribution in [0.25, 0.3) is 0 Å². The predicted molar refractivity (Wildman–Crippen MR) is 98.4 cm³/mol. The van der Waals surface area contributed by atoms with Gasteiger partial charge in [0.1, 0.15) is 12.2 Å². The minimum atomic E-state index is -0.0474. The summed E-state index contributed by atoms with van der Waals surface area (Å²) in [5.74, 6) is 1.29. The van der Waals surface area contributed by atoms with Crippen molar-refractivity contribution in [2.45, 2.75) is 70.3 Å². The molecule has 3 fully saturated rings. The van der Waals surface area contributed by atoms with Crippen LogP contribution in [0.5, 0.6) is 0 Å². The Morgan fingerprint density at radius 2 is 2.12 bits per heavy atom. The van der Waals surface area contributed by atoms with Crippen molar-refractivity contribution in [3.05, 3.63) is 30.1 Å². The maximum Gasteiger partial charge on any atom is 0.226 e. The molecule has 5 heteroatoms. The summed E-state index contributed by atoms with van der Waals surface area (Å²) in [6.45, 7) is 4.20. The zero-order valence-corrected chi connectivity index (χ0v) is 15.7. The van der Waals surface area contributed by atoms with Crippen LogP contribution >= 0.6 is 0 Å². The molecule has 142 valence electrons. The lowest BCUT2D eigenvalue weighted by atomic mass is 9.82. The van der Waals surface area contributed by atoms with Crippen molar-refractivity contribution in [3.8, 4) is 0 Å². The summed E-state index contributed by atoms with van der Waals surface area (Å²) in [4.78, 5) is 19.6. The summed E-state index contributed by atoms with van der Waals surface area (Å²) < 4.78 is 12.2. The number of carbonyl (C=O) groups excluding carboxylic acids is 1. The van der Waals surface area contributed by atoms with Crippen LogP contribution < -0.4 is 0 Å². The fourth-order valence-electron chi connectivity index (χ4n) is 4.73. The Labute approximate surface area is 156 Å². The fourth-order valence-corrected chi connectivity index (χ4v) is 4.73. The van der Waals surface area contributed by atoms with E-state index in [1.54, 1.807) is 6.20 Å². The largest absolute Gasteiger partial charge is 0.373 e. The van der Waals surface area contributed by atoms with Crippen molar-refractivity contribution in [2.75, 3.05) is 13.2 Å². The third-order valence-electron chi connectivity index (χ3n) is 6.30. The standard InChI is InChI=1S/C21H30N2O3/c1-15-7-9-16(10-8-15)21(24)23-13-19(20-18(23)6-4-12-25-20)26-14-17-5-2-3-11-22-17/h2-3,5,11,15-16,18-20H,4,6-10,12-14H2,1H3/t15?,16?,18-,19+,20+/m1/s1. The van der Waals surface area contributed by atoms with Gasteiger partial charge in [0.05, 0.1) is 18.3 Å². The van der Waals surface area contributed by atoms with Gasteiger partial charge in [-0.05, 0) is 56.6 Å². The maximum absolute atomic E-state index is 13.2. The number of aromatic nitrogens is 1. The van der Waals surface area contributed by atoms with Gasteiger partial charge in [-0.1, -0.05) is 13.0 Å². The predicted octanol–water partition coefficient (Wildman–Crippen LogP) is 3.18. The number of hydrogen-bond donors (Lipinski definition) is 0. The van der Waals surface area contributed by atoms with E-state index in [1.165, 1.54) is 12.8 Å². The second-order valence-corrected chi connectivity index (χ2v) is 8.16. The zero-order chi connectivity index (χ0) is 17.9. The number of fused-ring (bicyclic) bond motifs is 1. The molecule has 0 N–H and O–H groups in total. The first kappa shape index (κ1) is 17.9. The molecule has 3 aliphatic rings. The van der Waals surface area contributed by atoms with Gasteiger partial charge in [-0.2, -0.15) is 0 Å². The Hall–Kier alpha value is -1.46. The van der Waals surface area contributed by atoms with Crippen molar-refractivity contribution in [1.82, 2.24) is 9.88 Å². The van der Waals surface area contributed by atoms with Gasteiger partial charge in [-0.25, -0.2) is 0 Å². The van der Waals surface area contributed by atoms with Crippen LogP contribution in [0, 0.1) is 11.8 Å². The highest BCUT2D eigenvalue weighted by Gasteiger charge is 2.47. The number of pyridine rings is 1. The van der Waals surface area contributed by atoms with E-state index in [1.807, 2.05) is 18.2 Å². The van der Waals surface area contributed by atoms with E-state index >= 15 is 0 Å². The van der Waals surface area contributed by atoms with Gasteiger partial charge in [-0.15, -0.1) is 0 Å². The number of nitrogens with zero attached hydrogens (tertiary/aromatic N) is 2. The minimum absolute atomic E-state index is 0.0129. The van der Waals surface area contributed by atoms with E-state index < -0.39 is 0 Å². The SMILES string of the molecule is CC1CCC(C(=O)N2C[C@H](OCc3ccccn3)[C@H]3OCCC[C@H]32)CC1. The third-order valence-corrected chi connectivity index (χ3v) is 6.30. The lowest BCUT2D eigenvalue weighted by Gasteiger charge is -2.35. The second kappa shape index (κ2) is 8.05. The Kier molecular flexibility index (Phi) is 5.55. The molecular weight excluding hydrogens is 328 g/mol. The molecule has 1 saturated carbocycles. The molecule has 3 heterocycles. The monoisotopic (exact) mass is 358 g/mol. The average Bonchev–Trinajstić information content (AvgIpc) is 3.06. The van der Waals surface area contributed by atoms with Gasteiger partial charge < -0.3 is 14.4 Å². The molecule has 1 aromatic rings. The molecule has 2 aliphatic heterocycles. The van der Waals surface area contributed by atoms with Crippen molar-refractivity contribution in [1.29, 1.82) is 0 Å². The first-order chi connectivity index (χ1) is 12.7. The van der Waals surface area contributed by atoms with Crippen LogP contribution in [0.15, 0.2) is 24.4 Å². The number of rotatable bonds is 4. The van der Waals surface area contributed by atoms with Gasteiger partial charge in [0, 0.05) is 25.3 Å². The normalized spacial score (nSPS) is 34.5. The highest BCUT2D eigenvalue weighted by molar-refractivity contribution is 5.79. The summed E-state index contributed by atoms with van der Waals surface area (Å²) in [6, 6.07) is 6.04. The molecule has 0 unspecified atom stereocenters.